The molecule has 1 aromatic carbocycles. The zero-order valence-electron chi connectivity index (χ0n) is 11.0. The lowest BCUT2D eigenvalue weighted by molar-refractivity contribution is -0.115. The summed E-state index contributed by atoms with van der Waals surface area (Å²) >= 11 is 1.62. The Morgan fingerprint density at radius 3 is 3.00 bits per heavy atom. The van der Waals surface area contributed by atoms with Crippen molar-refractivity contribution in [3.8, 4) is 0 Å². The third-order valence-electron chi connectivity index (χ3n) is 2.86. The molecule has 0 spiro atoms. The Morgan fingerprint density at radius 1 is 1.50 bits per heavy atom. The Labute approximate surface area is 112 Å². The number of carbonyl (C=O) groups excluding carboxylic acids is 1. The molecule has 1 atom stereocenters. The van der Waals surface area contributed by atoms with Crippen LogP contribution in [-0.4, -0.2) is 36.8 Å². The van der Waals surface area contributed by atoms with E-state index >= 15 is 0 Å². The van der Waals surface area contributed by atoms with E-state index in [4.69, 9.17) is 0 Å². The molecule has 98 valence electrons. The van der Waals surface area contributed by atoms with Crippen molar-refractivity contribution in [2.45, 2.75) is 23.6 Å². The number of nitrogens with zero attached hydrogens (tertiary/aromatic N) is 1. The zero-order valence-corrected chi connectivity index (χ0v) is 11.8. The molecule has 1 amide bonds. The molecule has 0 saturated heterocycles. The van der Waals surface area contributed by atoms with E-state index < -0.39 is 0 Å². The summed E-state index contributed by atoms with van der Waals surface area (Å²) in [7, 11) is 3.99. The predicted molar refractivity (Wildman–Crippen MR) is 75.8 cm³/mol. The van der Waals surface area contributed by atoms with Crippen LogP contribution in [0.5, 0.6) is 0 Å². The predicted octanol–water partition coefficient (Wildman–Crippen LogP) is 1.73. The Kier molecular flexibility index (Phi) is 4.27. The maximum atomic E-state index is 11.6. The van der Waals surface area contributed by atoms with Gasteiger partial charge < -0.3 is 10.6 Å². The lowest BCUT2D eigenvalue weighted by Crippen LogP contribution is -2.28. The van der Waals surface area contributed by atoms with Crippen LogP contribution in [0.3, 0.4) is 0 Å². The number of rotatable bonds is 4. The zero-order chi connectivity index (χ0) is 13.1. The molecule has 2 N–H and O–H groups in total. The first-order valence-corrected chi connectivity index (χ1v) is 6.91. The number of thioether (sulfide) groups is 1. The molecule has 18 heavy (non-hydrogen) atoms. The van der Waals surface area contributed by atoms with E-state index in [1.54, 1.807) is 11.8 Å². The summed E-state index contributed by atoms with van der Waals surface area (Å²) in [6, 6.07) is 6.29. The van der Waals surface area contributed by atoms with E-state index in [1.165, 1.54) is 5.56 Å². The van der Waals surface area contributed by atoms with Crippen LogP contribution in [-0.2, 0) is 11.3 Å². The second kappa shape index (κ2) is 5.73. The van der Waals surface area contributed by atoms with Gasteiger partial charge in [0.25, 0.3) is 0 Å². The summed E-state index contributed by atoms with van der Waals surface area (Å²) in [5.74, 6) is 0.0910. The third-order valence-corrected chi connectivity index (χ3v) is 4.03. The Morgan fingerprint density at radius 2 is 2.28 bits per heavy atom. The minimum Gasteiger partial charge on any atom is -0.324 e. The molecule has 5 heteroatoms. The number of anilines is 1. The van der Waals surface area contributed by atoms with Gasteiger partial charge in [0, 0.05) is 18.1 Å². The first kappa shape index (κ1) is 13.4. The summed E-state index contributed by atoms with van der Waals surface area (Å²) < 4.78 is 0. The average molecular weight is 265 g/mol. The van der Waals surface area contributed by atoms with E-state index in [1.807, 2.05) is 14.0 Å². The summed E-state index contributed by atoms with van der Waals surface area (Å²) in [5.41, 5.74) is 2.15. The highest BCUT2D eigenvalue weighted by Gasteiger charge is 2.22. The average Bonchev–Trinajstić information content (AvgIpc) is 2.31. The lowest BCUT2D eigenvalue weighted by atomic mass is 10.2. The van der Waals surface area contributed by atoms with Crippen LogP contribution in [0.25, 0.3) is 0 Å². The van der Waals surface area contributed by atoms with Gasteiger partial charge >= 0.3 is 0 Å². The second-order valence-corrected chi connectivity index (χ2v) is 5.99. The van der Waals surface area contributed by atoms with Gasteiger partial charge in [0.2, 0.25) is 5.91 Å². The summed E-state index contributed by atoms with van der Waals surface area (Å²) in [4.78, 5) is 15.0. The first-order chi connectivity index (χ1) is 8.60. The van der Waals surface area contributed by atoms with E-state index in [9.17, 15) is 4.79 Å². The maximum absolute atomic E-state index is 11.6. The summed E-state index contributed by atoms with van der Waals surface area (Å²) in [6.45, 7) is 3.64. The number of hydrogen-bond acceptors (Lipinski definition) is 4. The largest absolute Gasteiger partial charge is 0.324 e. The number of amides is 1. The van der Waals surface area contributed by atoms with Gasteiger partial charge in [-0.3, -0.25) is 9.69 Å². The molecule has 0 radical (unpaired) electrons. The fourth-order valence-electron chi connectivity index (χ4n) is 1.99. The molecule has 1 aliphatic heterocycles. The van der Waals surface area contributed by atoms with E-state index in [0.717, 1.165) is 23.8 Å². The molecule has 0 bridgehead atoms. The number of hydrogen-bond donors (Lipinski definition) is 2. The van der Waals surface area contributed by atoms with Crippen LogP contribution in [0.4, 0.5) is 5.69 Å². The van der Waals surface area contributed by atoms with Gasteiger partial charge in [-0.1, -0.05) is 6.07 Å². The quantitative estimate of drug-likeness (QED) is 0.814. The number of fused-ring (bicyclic) bond motifs is 1. The summed E-state index contributed by atoms with van der Waals surface area (Å²) in [5, 5.41) is 6.07. The topological polar surface area (TPSA) is 44.4 Å². The van der Waals surface area contributed by atoms with Gasteiger partial charge in [-0.15, -0.1) is 11.8 Å². The first-order valence-electron chi connectivity index (χ1n) is 6.03. The summed E-state index contributed by atoms with van der Waals surface area (Å²) in [6.07, 6.45) is 0. The van der Waals surface area contributed by atoms with E-state index in [2.05, 4.69) is 40.8 Å². The van der Waals surface area contributed by atoms with Crippen LogP contribution in [0, 0.1) is 0 Å². The standard InChI is InChI=1S/C13H19N3OS/c1-9-13(17)15-11-6-10(4-5-12(11)18-9)7-16(3)8-14-2/h4-6,9,14H,7-8H2,1-3H3,(H,15,17). The molecule has 0 saturated carbocycles. The smallest absolute Gasteiger partial charge is 0.237 e. The van der Waals surface area contributed by atoms with Gasteiger partial charge in [-0.2, -0.15) is 0 Å². The van der Waals surface area contributed by atoms with Crippen LogP contribution >= 0.6 is 11.8 Å². The van der Waals surface area contributed by atoms with Crippen molar-refractivity contribution in [1.29, 1.82) is 0 Å². The maximum Gasteiger partial charge on any atom is 0.237 e. The van der Waals surface area contributed by atoms with Crippen molar-refractivity contribution in [2.75, 3.05) is 26.1 Å². The lowest BCUT2D eigenvalue weighted by Gasteiger charge is -2.23. The van der Waals surface area contributed by atoms with Gasteiger partial charge in [0.05, 0.1) is 10.9 Å². The molecule has 0 aliphatic carbocycles. The molecular weight excluding hydrogens is 246 g/mol. The minimum absolute atomic E-state index is 0.00434. The monoisotopic (exact) mass is 265 g/mol. The minimum atomic E-state index is -0.00434. The SMILES string of the molecule is CNCN(C)Cc1ccc2c(c1)NC(=O)C(C)S2. The van der Waals surface area contributed by atoms with Crippen LogP contribution < -0.4 is 10.6 Å². The van der Waals surface area contributed by atoms with Crippen molar-refractivity contribution < 1.29 is 4.79 Å². The fraction of sp³-hybridized carbons (Fsp3) is 0.462. The highest BCUT2D eigenvalue weighted by molar-refractivity contribution is 8.00. The molecule has 0 aromatic heterocycles. The van der Waals surface area contributed by atoms with Crippen molar-refractivity contribution in [2.24, 2.45) is 0 Å². The van der Waals surface area contributed by atoms with Gasteiger partial charge in [-0.25, -0.2) is 0 Å². The molecule has 2 rings (SSSR count). The number of carbonyl (C=O) groups is 1. The van der Waals surface area contributed by atoms with Gasteiger partial charge in [0.15, 0.2) is 0 Å². The van der Waals surface area contributed by atoms with Gasteiger partial charge in [0.1, 0.15) is 0 Å². The Bertz CT molecular complexity index is 450. The van der Waals surface area contributed by atoms with Crippen LogP contribution in [0.15, 0.2) is 23.1 Å². The molecule has 1 unspecified atom stereocenters. The highest BCUT2D eigenvalue weighted by atomic mass is 32.2. The fourth-order valence-corrected chi connectivity index (χ4v) is 2.92. The molecular formula is C13H19N3OS. The highest BCUT2D eigenvalue weighted by Crippen LogP contribution is 2.35. The van der Waals surface area contributed by atoms with Crippen LogP contribution in [0.2, 0.25) is 0 Å². The van der Waals surface area contributed by atoms with Crippen molar-refractivity contribution in [3.05, 3.63) is 23.8 Å². The molecule has 1 aromatic rings. The molecule has 4 nitrogen and oxygen atoms in total. The molecule has 0 fully saturated rings. The van der Waals surface area contributed by atoms with Crippen LogP contribution in [0.1, 0.15) is 12.5 Å². The molecule has 1 heterocycles. The Hall–Kier alpha value is -1.04. The normalized spacial score (nSPS) is 18.7. The second-order valence-electron chi connectivity index (χ2n) is 4.61. The van der Waals surface area contributed by atoms with E-state index in [0.29, 0.717) is 0 Å². The van der Waals surface area contributed by atoms with Gasteiger partial charge in [-0.05, 0) is 38.7 Å². The Balaban J connectivity index is 2.12. The third kappa shape index (κ3) is 3.04. The van der Waals surface area contributed by atoms with E-state index in [-0.39, 0.29) is 11.2 Å². The number of nitrogens with one attached hydrogen (secondary N) is 2. The van der Waals surface area contributed by atoms with Crippen molar-refractivity contribution in [1.82, 2.24) is 10.2 Å². The van der Waals surface area contributed by atoms with Crippen molar-refractivity contribution in [3.63, 3.8) is 0 Å². The van der Waals surface area contributed by atoms with Crippen molar-refractivity contribution >= 4 is 23.4 Å². The molecule has 1 aliphatic rings. The number of benzene rings is 1.